The molecule has 1 heterocycles. The van der Waals surface area contributed by atoms with E-state index in [0.717, 1.165) is 5.56 Å². The molecular weight excluding hydrogens is 254 g/mol. The maximum Gasteiger partial charge on any atom is 0.308 e. The van der Waals surface area contributed by atoms with Gasteiger partial charge in [-0.05, 0) is 24.1 Å². The predicted molar refractivity (Wildman–Crippen MR) is 67.3 cm³/mol. The molecule has 2 atom stereocenters. The van der Waals surface area contributed by atoms with E-state index in [1.54, 1.807) is 25.2 Å². The van der Waals surface area contributed by atoms with Crippen LogP contribution in [0.5, 0.6) is 0 Å². The van der Waals surface area contributed by atoms with Gasteiger partial charge in [0.2, 0.25) is 5.91 Å². The zero-order valence-electron chi connectivity index (χ0n) is 9.97. The first-order valence-electron chi connectivity index (χ1n) is 5.74. The van der Waals surface area contributed by atoms with E-state index in [1.807, 2.05) is 6.07 Å². The minimum absolute atomic E-state index is 0.0301. The van der Waals surface area contributed by atoms with Crippen LogP contribution in [0.25, 0.3) is 0 Å². The number of rotatable bonds is 2. The predicted octanol–water partition coefficient (Wildman–Crippen LogP) is 2.33. The van der Waals surface area contributed by atoms with Crippen molar-refractivity contribution in [3.05, 3.63) is 34.9 Å². The van der Waals surface area contributed by atoms with Crippen LogP contribution in [0.15, 0.2) is 24.3 Å². The molecule has 0 spiro atoms. The summed E-state index contributed by atoms with van der Waals surface area (Å²) >= 11 is 5.92. The van der Waals surface area contributed by atoms with E-state index < -0.39 is 17.9 Å². The zero-order chi connectivity index (χ0) is 13.3. The molecule has 1 aliphatic heterocycles. The third-order valence-corrected chi connectivity index (χ3v) is 3.60. The van der Waals surface area contributed by atoms with Gasteiger partial charge in [0.1, 0.15) is 0 Å². The molecule has 1 N–H and O–H groups in total. The minimum Gasteiger partial charge on any atom is -0.481 e. The molecule has 0 saturated carbocycles. The number of carbonyl (C=O) groups excluding carboxylic acids is 1. The van der Waals surface area contributed by atoms with Gasteiger partial charge < -0.3 is 10.0 Å². The van der Waals surface area contributed by atoms with Gasteiger partial charge in [-0.25, -0.2) is 0 Å². The van der Waals surface area contributed by atoms with Crippen molar-refractivity contribution in [3.63, 3.8) is 0 Å². The molecule has 18 heavy (non-hydrogen) atoms. The molecule has 0 bridgehead atoms. The molecule has 96 valence electrons. The molecule has 1 aromatic rings. The maximum absolute atomic E-state index is 11.7. The fourth-order valence-electron chi connectivity index (χ4n) is 2.44. The summed E-state index contributed by atoms with van der Waals surface area (Å²) in [7, 11) is 1.64. The van der Waals surface area contributed by atoms with Gasteiger partial charge in [0, 0.05) is 18.5 Å². The van der Waals surface area contributed by atoms with Crippen molar-refractivity contribution < 1.29 is 14.7 Å². The largest absolute Gasteiger partial charge is 0.481 e. The van der Waals surface area contributed by atoms with E-state index in [-0.39, 0.29) is 12.3 Å². The molecule has 1 saturated heterocycles. The highest BCUT2D eigenvalue weighted by atomic mass is 35.5. The molecule has 0 unspecified atom stereocenters. The van der Waals surface area contributed by atoms with Crippen LogP contribution in [0.3, 0.4) is 0 Å². The van der Waals surface area contributed by atoms with Crippen molar-refractivity contribution in [2.24, 2.45) is 5.92 Å². The van der Waals surface area contributed by atoms with E-state index in [0.29, 0.717) is 11.4 Å². The summed E-state index contributed by atoms with van der Waals surface area (Å²) in [6.07, 6.45) is 0.653. The highest BCUT2D eigenvalue weighted by Gasteiger charge is 2.38. The van der Waals surface area contributed by atoms with E-state index in [2.05, 4.69) is 0 Å². The summed E-state index contributed by atoms with van der Waals surface area (Å²) in [6.45, 7) is 0. The first-order chi connectivity index (χ1) is 8.50. The Hall–Kier alpha value is -1.55. The SMILES string of the molecule is CN1C(=O)CC[C@H](C(=O)O)[C@H]1c1cccc(Cl)c1. The van der Waals surface area contributed by atoms with Crippen LogP contribution in [-0.4, -0.2) is 28.9 Å². The van der Waals surface area contributed by atoms with Crippen LogP contribution in [0.4, 0.5) is 0 Å². The Labute approximate surface area is 110 Å². The van der Waals surface area contributed by atoms with Gasteiger partial charge in [0.05, 0.1) is 12.0 Å². The van der Waals surface area contributed by atoms with Gasteiger partial charge in [0.25, 0.3) is 0 Å². The van der Waals surface area contributed by atoms with Crippen LogP contribution >= 0.6 is 11.6 Å². The number of carbonyl (C=O) groups is 2. The molecule has 4 nitrogen and oxygen atoms in total. The number of likely N-dealkylation sites (tertiary alicyclic amines) is 1. The molecule has 1 amide bonds. The van der Waals surface area contributed by atoms with Crippen LogP contribution in [0.1, 0.15) is 24.4 Å². The lowest BCUT2D eigenvalue weighted by Gasteiger charge is -2.37. The van der Waals surface area contributed by atoms with Crippen molar-refractivity contribution in [2.45, 2.75) is 18.9 Å². The average Bonchev–Trinajstić information content (AvgIpc) is 2.32. The number of carboxylic acids is 1. The van der Waals surface area contributed by atoms with E-state index in [4.69, 9.17) is 11.6 Å². The topological polar surface area (TPSA) is 57.6 Å². The van der Waals surface area contributed by atoms with E-state index in [9.17, 15) is 14.7 Å². The minimum atomic E-state index is -0.876. The number of hydrogen-bond acceptors (Lipinski definition) is 2. The highest BCUT2D eigenvalue weighted by molar-refractivity contribution is 6.30. The Morgan fingerprint density at radius 1 is 1.50 bits per heavy atom. The quantitative estimate of drug-likeness (QED) is 0.895. The van der Waals surface area contributed by atoms with Gasteiger partial charge >= 0.3 is 5.97 Å². The maximum atomic E-state index is 11.7. The van der Waals surface area contributed by atoms with Crippen molar-refractivity contribution in [3.8, 4) is 0 Å². The monoisotopic (exact) mass is 267 g/mol. The molecule has 1 aromatic carbocycles. The second-order valence-corrected chi connectivity index (χ2v) is 4.92. The lowest BCUT2D eigenvalue weighted by Crippen LogP contribution is -2.42. The lowest BCUT2D eigenvalue weighted by molar-refractivity contribution is -0.150. The number of benzene rings is 1. The first-order valence-corrected chi connectivity index (χ1v) is 6.12. The molecule has 0 aliphatic carbocycles. The van der Waals surface area contributed by atoms with Crippen molar-refractivity contribution in [1.82, 2.24) is 4.90 Å². The molecule has 0 radical (unpaired) electrons. The van der Waals surface area contributed by atoms with Gasteiger partial charge in [0.15, 0.2) is 0 Å². The Morgan fingerprint density at radius 3 is 2.83 bits per heavy atom. The third kappa shape index (κ3) is 2.34. The number of hydrogen-bond donors (Lipinski definition) is 1. The van der Waals surface area contributed by atoms with Crippen molar-refractivity contribution in [1.29, 1.82) is 0 Å². The highest BCUT2D eigenvalue weighted by Crippen LogP contribution is 2.36. The van der Waals surface area contributed by atoms with Crippen LogP contribution < -0.4 is 0 Å². The van der Waals surface area contributed by atoms with E-state index in [1.165, 1.54) is 4.90 Å². The van der Waals surface area contributed by atoms with Gasteiger partial charge in [-0.3, -0.25) is 9.59 Å². The Morgan fingerprint density at radius 2 is 2.22 bits per heavy atom. The van der Waals surface area contributed by atoms with Gasteiger partial charge in [-0.1, -0.05) is 23.7 Å². The summed E-state index contributed by atoms with van der Waals surface area (Å²) in [4.78, 5) is 24.5. The normalized spacial score (nSPS) is 24.1. The average molecular weight is 268 g/mol. The molecule has 1 aliphatic rings. The van der Waals surface area contributed by atoms with Crippen LogP contribution in [-0.2, 0) is 9.59 Å². The Bertz CT molecular complexity index is 489. The number of piperidine rings is 1. The zero-order valence-corrected chi connectivity index (χ0v) is 10.7. The summed E-state index contributed by atoms with van der Waals surface area (Å²) in [5.41, 5.74) is 0.769. The summed E-state index contributed by atoms with van der Waals surface area (Å²) in [5.74, 6) is -1.48. The lowest BCUT2D eigenvalue weighted by atomic mass is 9.85. The third-order valence-electron chi connectivity index (χ3n) is 3.37. The number of carboxylic acid groups (broad SMARTS) is 1. The fraction of sp³-hybridized carbons (Fsp3) is 0.385. The second kappa shape index (κ2) is 4.98. The molecular formula is C13H14ClNO3. The Balaban J connectivity index is 2.41. The van der Waals surface area contributed by atoms with Crippen LogP contribution in [0, 0.1) is 5.92 Å². The van der Waals surface area contributed by atoms with Crippen molar-refractivity contribution >= 4 is 23.5 Å². The summed E-state index contributed by atoms with van der Waals surface area (Å²) in [5, 5.41) is 9.82. The van der Waals surface area contributed by atoms with Gasteiger partial charge in [-0.2, -0.15) is 0 Å². The number of amides is 1. The second-order valence-electron chi connectivity index (χ2n) is 4.49. The van der Waals surface area contributed by atoms with Crippen LogP contribution in [0.2, 0.25) is 5.02 Å². The van der Waals surface area contributed by atoms with Gasteiger partial charge in [-0.15, -0.1) is 0 Å². The molecule has 0 aromatic heterocycles. The first kappa shape index (κ1) is 12.9. The fourth-order valence-corrected chi connectivity index (χ4v) is 2.64. The standard InChI is InChI=1S/C13H14ClNO3/c1-15-11(16)6-5-10(13(17)18)12(15)8-3-2-4-9(14)7-8/h2-4,7,10,12H,5-6H2,1H3,(H,17,18)/t10-,12+/m0/s1. The number of aliphatic carboxylic acids is 1. The summed E-state index contributed by atoms with van der Waals surface area (Å²) in [6, 6.07) is 6.58. The smallest absolute Gasteiger partial charge is 0.308 e. The van der Waals surface area contributed by atoms with E-state index >= 15 is 0 Å². The molecule has 5 heteroatoms. The van der Waals surface area contributed by atoms with Crippen molar-refractivity contribution in [2.75, 3.05) is 7.05 Å². The molecule has 1 fully saturated rings. The number of halogens is 1. The molecule has 2 rings (SSSR count). The summed E-state index contributed by atoms with van der Waals surface area (Å²) < 4.78 is 0. The Kier molecular flexibility index (Phi) is 3.57. The number of nitrogens with zero attached hydrogens (tertiary/aromatic N) is 1.